The molecule has 0 saturated carbocycles. The maximum Gasteiger partial charge on any atom is 0.175 e. The summed E-state index contributed by atoms with van der Waals surface area (Å²) in [5, 5.41) is 12.3. The van der Waals surface area contributed by atoms with Gasteiger partial charge in [0.05, 0.1) is 17.4 Å². The highest BCUT2D eigenvalue weighted by molar-refractivity contribution is 5.95. The lowest BCUT2D eigenvalue weighted by Gasteiger charge is -2.33. The van der Waals surface area contributed by atoms with E-state index in [1.54, 1.807) is 30.0 Å². The zero-order chi connectivity index (χ0) is 18.9. The number of nitrogens with zero attached hydrogens (tertiary/aromatic N) is 4. The first-order valence-corrected chi connectivity index (χ1v) is 8.53. The second-order valence-electron chi connectivity index (χ2n) is 7.23. The molecule has 0 radical (unpaired) electrons. The molecular weight excluding hydrogens is 350 g/mol. The predicted octanol–water partition coefficient (Wildman–Crippen LogP) is 4.06. The summed E-state index contributed by atoms with van der Waals surface area (Å²) < 4.78 is 31.5. The topological polar surface area (TPSA) is 71.4 Å². The van der Waals surface area contributed by atoms with E-state index >= 15 is 4.39 Å². The fourth-order valence-electron chi connectivity index (χ4n) is 3.73. The van der Waals surface area contributed by atoms with Gasteiger partial charge in [-0.25, -0.2) is 8.78 Å². The Labute approximate surface area is 153 Å². The molecule has 8 heteroatoms. The molecule has 1 aliphatic rings. The summed E-state index contributed by atoms with van der Waals surface area (Å²) in [5.41, 5.74) is 1.37. The van der Waals surface area contributed by atoms with E-state index in [0.29, 0.717) is 39.5 Å². The van der Waals surface area contributed by atoms with Crippen molar-refractivity contribution in [3.05, 3.63) is 53.9 Å². The number of fused-ring (bicyclic) bond motifs is 4. The Bertz CT molecular complexity index is 1220. The van der Waals surface area contributed by atoms with Crippen LogP contribution in [0.5, 0.6) is 0 Å². The Morgan fingerprint density at radius 2 is 1.96 bits per heavy atom. The average Bonchev–Trinajstić information content (AvgIpc) is 3.21. The molecule has 0 saturated heterocycles. The van der Waals surface area contributed by atoms with Gasteiger partial charge in [0.25, 0.3) is 0 Å². The highest BCUT2D eigenvalue weighted by atomic mass is 19.1. The van der Waals surface area contributed by atoms with Crippen LogP contribution in [0.3, 0.4) is 0 Å². The van der Waals surface area contributed by atoms with E-state index < -0.39 is 17.2 Å². The van der Waals surface area contributed by atoms with Gasteiger partial charge in [-0.15, -0.1) is 10.2 Å². The minimum Gasteiger partial charge on any atom is -0.370 e. The van der Waals surface area contributed by atoms with Crippen LogP contribution in [0.2, 0.25) is 0 Å². The Morgan fingerprint density at radius 1 is 1.15 bits per heavy atom. The second kappa shape index (κ2) is 5.12. The van der Waals surface area contributed by atoms with Crippen LogP contribution in [-0.4, -0.2) is 24.7 Å². The number of aromatic nitrogens is 5. The third-order valence-corrected chi connectivity index (χ3v) is 4.94. The van der Waals surface area contributed by atoms with E-state index in [9.17, 15) is 4.39 Å². The van der Waals surface area contributed by atoms with Crippen LogP contribution >= 0.6 is 0 Å². The molecule has 0 atom stereocenters. The molecule has 136 valence electrons. The minimum atomic E-state index is -0.548. The van der Waals surface area contributed by atoms with E-state index in [0.717, 1.165) is 0 Å². The first-order chi connectivity index (χ1) is 12.9. The molecule has 4 heterocycles. The second-order valence-corrected chi connectivity index (χ2v) is 7.23. The number of pyridine rings is 1. The maximum atomic E-state index is 15.7. The molecule has 5 rings (SSSR count). The van der Waals surface area contributed by atoms with E-state index in [4.69, 9.17) is 0 Å². The van der Waals surface area contributed by atoms with Crippen molar-refractivity contribution in [3.8, 4) is 16.9 Å². The smallest absolute Gasteiger partial charge is 0.175 e. The average molecular weight is 366 g/mol. The maximum absolute atomic E-state index is 15.7. The lowest BCUT2D eigenvalue weighted by molar-refractivity contribution is 0.521. The Morgan fingerprint density at radius 3 is 2.78 bits per heavy atom. The van der Waals surface area contributed by atoms with E-state index in [1.165, 1.54) is 12.1 Å². The zero-order valence-corrected chi connectivity index (χ0v) is 14.9. The van der Waals surface area contributed by atoms with Gasteiger partial charge in [-0.2, -0.15) is 0 Å². The van der Waals surface area contributed by atoms with E-state index in [1.807, 2.05) is 13.8 Å². The standard InChI is InChI=1S/C19H16F2N6/c1-9-25-26-18-19(2,3)24-14-8-23-16(15(21)17(14)27(9)18)12-6-10(20)7-13-11(12)4-5-22-13/h4-8,22,24H,1-3H3. The van der Waals surface area contributed by atoms with Crippen LogP contribution in [0.15, 0.2) is 30.6 Å². The van der Waals surface area contributed by atoms with Gasteiger partial charge >= 0.3 is 0 Å². The van der Waals surface area contributed by atoms with Crippen molar-refractivity contribution < 1.29 is 8.78 Å². The summed E-state index contributed by atoms with van der Waals surface area (Å²) in [5.74, 6) is 0.171. The summed E-state index contributed by atoms with van der Waals surface area (Å²) in [6.45, 7) is 5.66. The SMILES string of the molecule is Cc1nnc2n1-c1c(cnc(-c3cc(F)cc4[nH]ccc34)c1F)NC2(C)C. The number of anilines is 1. The normalized spacial score (nSPS) is 14.7. The molecule has 4 aromatic rings. The lowest BCUT2D eigenvalue weighted by Crippen LogP contribution is -2.36. The van der Waals surface area contributed by atoms with Crippen LogP contribution in [0.4, 0.5) is 14.5 Å². The van der Waals surface area contributed by atoms with Gasteiger partial charge in [-0.1, -0.05) is 0 Å². The van der Waals surface area contributed by atoms with Gasteiger partial charge in [0, 0.05) is 22.7 Å². The number of aromatic amines is 1. The van der Waals surface area contributed by atoms with Gasteiger partial charge in [0.2, 0.25) is 0 Å². The first kappa shape index (κ1) is 15.9. The minimum absolute atomic E-state index is 0.0819. The van der Waals surface area contributed by atoms with E-state index in [-0.39, 0.29) is 5.69 Å². The molecule has 27 heavy (non-hydrogen) atoms. The summed E-state index contributed by atoms with van der Waals surface area (Å²) >= 11 is 0. The van der Waals surface area contributed by atoms with Crippen LogP contribution in [-0.2, 0) is 5.54 Å². The molecule has 0 amide bonds. The summed E-state index contributed by atoms with van der Waals surface area (Å²) in [7, 11) is 0. The molecule has 0 bridgehead atoms. The van der Waals surface area contributed by atoms with Crippen molar-refractivity contribution in [2.75, 3.05) is 5.32 Å². The molecular formula is C19H16F2N6. The molecule has 1 aliphatic heterocycles. The summed E-state index contributed by atoms with van der Waals surface area (Å²) in [6.07, 6.45) is 3.26. The lowest BCUT2D eigenvalue weighted by atomic mass is 9.99. The highest BCUT2D eigenvalue weighted by Crippen LogP contribution is 2.40. The zero-order valence-electron chi connectivity index (χ0n) is 14.9. The van der Waals surface area contributed by atoms with Crippen molar-refractivity contribution >= 4 is 16.6 Å². The van der Waals surface area contributed by atoms with Gasteiger partial charge < -0.3 is 10.3 Å². The molecule has 0 spiro atoms. The molecule has 0 fully saturated rings. The molecule has 1 aromatic carbocycles. The summed E-state index contributed by atoms with van der Waals surface area (Å²) in [4.78, 5) is 7.27. The van der Waals surface area contributed by atoms with Crippen molar-refractivity contribution in [1.29, 1.82) is 0 Å². The van der Waals surface area contributed by atoms with Crippen molar-refractivity contribution in [2.24, 2.45) is 0 Å². The van der Waals surface area contributed by atoms with Gasteiger partial charge in [-0.05, 0) is 39.0 Å². The van der Waals surface area contributed by atoms with Crippen molar-refractivity contribution in [1.82, 2.24) is 24.7 Å². The van der Waals surface area contributed by atoms with Crippen molar-refractivity contribution in [2.45, 2.75) is 26.3 Å². The number of nitrogens with one attached hydrogen (secondary N) is 2. The van der Waals surface area contributed by atoms with E-state index in [2.05, 4.69) is 25.5 Å². The molecule has 3 aromatic heterocycles. The van der Waals surface area contributed by atoms with Crippen molar-refractivity contribution in [3.63, 3.8) is 0 Å². The molecule has 2 N–H and O–H groups in total. The Hall–Kier alpha value is -3.29. The largest absolute Gasteiger partial charge is 0.370 e. The Kier molecular flexibility index (Phi) is 3.02. The number of benzene rings is 1. The summed E-state index contributed by atoms with van der Waals surface area (Å²) in [6, 6.07) is 4.46. The van der Waals surface area contributed by atoms with Crippen LogP contribution in [0, 0.1) is 18.6 Å². The van der Waals surface area contributed by atoms with Crippen LogP contribution in [0.25, 0.3) is 27.8 Å². The van der Waals surface area contributed by atoms with Gasteiger partial charge in [-0.3, -0.25) is 9.55 Å². The molecule has 0 unspecified atom stereocenters. The van der Waals surface area contributed by atoms with Crippen LogP contribution in [0.1, 0.15) is 25.5 Å². The number of hydrogen-bond donors (Lipinski definition) is 2. The predicted molar refractivity (Wildman–Crippen MR) is 97.7 cm³/mol. The molecule has 0 aliphatic carbocycles. The van der Waals surface area contributed by atoms with Gasteiger partial charge in [0.15, 0.2) is 11.6 Å². The molecule has 6 nitrogen and oxygen atoms in total. The fraction of sp³-hybridized carbons (Fsp3) is 0.211. The monoisotopic (exact) mass is 366 g/mol. The van der Waals surface area contributed by atoms with Crippen LogP contribution < -0.4 is 5.32 Å². The number of halogens is 2. The highest BCUT2D eigenvalue weighted by Gasteiger charge is 2.36. The number of rotatable bonds is 1. The quantitative estimate of drug-likeness (QED) is 0.533. The first-order valence-electron chi connectivity index (χ1n) is 8.53. The fourth-order valence-corrected chi connectivity index (χ4v) is 3.73. The number of H-pyrrole nitrogens is 1. The van der Waals surface area contributed by atoms with Gasteiger partial charge in [0.1, 0.15) is 23.0 Å². The number of hydrogen-bond acceptors (Lipinski definition) is 4. The number of aryl methyl sites for hydroxylation is 1. The third-order valence-electron chi connectivity index (χ3n) is 4.94. The third kappa shape index (κ3) is 2.12. The Balaban J connectivity index is 1.83.